The Hall–Kier alpha value is -2.90. The van der Waals surface area contributed by atoms with Crippen molar-refractivity contribution in [3.05, 3.63) is 30.0 Å². The van der Waals surface area contributed by atoms with E-state index in [9.17, 15) is 9.90 Å². The number of aromatic hydroxyl groups is 2. The number of aryl methyl sites for hydroxylation is 1. The van der Waals surface area contributed by atoms with Gasteiger partial charge >= 0.3 is 0 Å². The van der Waals surface area contributed by atoms with E-state index >= 15 is 0 Å². The van der Waals surface area contributed by atoms with Gasteiger partial charge in [0.25, 0.3) is 5.91 Å². The smallest absolute Gasteiger partial charge is 0.254 e. The van der Waals surface area contributed by atoms with Crippen LogP contribution in [0.15, 0.2) is 34.6 Å². The van der Waals surface area contributed by atoms with Gasteiger partial charge in [0.1, 0.15) is 22.7 Å². The number of aromatic nitrogens is 2. The van der Waals surface area contributed by atoms with Crippen molar-refractivity contribution in [2.45, 2.75) is 0 Å². The predicted molar refractivity (Wildman–Crippen MR) is 65.7 cm³/mol. The van der Waals surface area contributed by atoms with Gasteiger partial charge in [-0.05, 0) is 12.1 Å². The maximum Gasteiger partial charge on any atom is 0.254 e. The number of hydrogen-bond donors (Lipinski definition) is 3. The number of benzene rings is 1. The highest BCUT2D eigenvalue weighted by Gasteiger charge is 2.13. The fraction of sp³-hybridized carbons (Fsp3) is 0.0909. The Bertz CT molecular complexity index is 662. The molecule has 8 nitrogen and oxygen atoms in total. The van der Waals surface area contributed by atoms with Crippen molar-refractivity contribution >= 4 is 17.4 Å². The van der Waals surface area contributed by atoms with Gasteiger partial charge in [-0.2, -0.15) is 5.10 Å². The van der Waals surface area contributed by atoms with Gasteiger partial charge in [-0.3, -0.25) is 4.79 Å². The molecular formula is C11H11N5O3. The largest absolute Gasteiger partial charge is 0.508 e. The van der Waals surface area contributed by atoms with Gasteiger partial charge in [-0.1, -0.05) is 0 Å². The van der Waals surface area contributed by atoms with Gasteiger partial charge in [-0.25, -0.2) is 4.68 Å². The molecule has 1 amide bonds. The fourth-order valence-corrected chi connectivity index (χ4v) is 1.42. The molecule has 0 aliphatic rings. The van der Waals surface area contributed by atoms with Crippen LogP contribution in [0.1, 0.15) is 10.4 Å². The summed E-state index contributed by atoms with van der Waals surface area (Å²) in [5.41, 5.74) is 5.45. The van der Waals surface area contributed by atoms with Crippen LogP contribution in [0.2, 0.25) is 0 Å². The molecule has 0 aliphatic heterocycles. The molecular weight excluding hydrogens is 250 g/mol. The van der Waals surface area contributed by atoms with Crippen molar-refractivity contribution in [1.82, 2.24) is 9.78 Å². The van der Waals surface area contributed by atoms with Crippen LogP contribution in [0.25, 0.3) is 0 Å². The summed E-state index contributed by atoms with van der Waals surface area (Å²) in [6.45, 7) is 0. The first-order chi connectivity index (χ1) is 8.99. The van der Waals surface area contributed by atoms with Crippen LogP contribution >= 0.6 is 0 Å². The molecule has 2 aromatic rings. The first kappa shape index (κ1) is 12.6. The molecule has 1 heterocycles. The summed E-state index contributed by atoms with van der Waals surface area (Å²) in [5, 5.41) is 30.1. The molecule has 2 rings (SSSR count). The monoisotopic (exact) mass is 261 g/mol. The minimum absolute atomic E-state index is 0.0881. The van der Waals surface area contributed by atoms with Gasteiger partial charge in [0.05, 0.1) is 6.20 Å². The molecule has 0 unspecified atom stereocenters. The Morgan fingerprint density at radius 1 is 1.37 bits per heavy atom. The van der Waals surface area contributed by atoms with Crippen molar-refractivity contribution < 1.29 is 15.0 Å². The zero-order valence-corrected chi connectivity index (χ0v) is 9.98. The zero-order valence-electron chi connectivity index (χ0n) is 9.98. The van der Waals surface area contributed by atoms with E-state index in [0.29, 0.717) is 0 Å². The van der Waals surface area contributed by atoms with Crippen molar-refractivity contribution in [3.8, 4) is 11.5 Å². The van der Waals surface area contributed by atoms with Crippen LogP contribution in [0.5, 0.6) is 11.5 Å². The highest BCUT2D eigenvalue weighted by Crippen LogP contribution is 2.31. The van der Waals surface area contributed by atoms with Gasteiger partial charge in [0, 0.05) is 13.1 Å². The number of azo groups is 1. The van der Waals surface area contributed by atoms with Crippen molar-refractivity contribution in [2.24, 2.45) is 23.0 Å². The van der Waals surface area contributed by atoms with Crippen molar-refractivity contribution in [3.63, 3.8) is 0 Å². The summed E-state index contributed by atoms with van der Waals surface area (Å²) in [6, 6.07) is 3.87. The molecule has 0 atom stereocenters. The zero-order chi connectivity index (χ0) is 14.0. The second-order valence-corrected chi connectivity index (χ2v) is 3.74. The lowest BCUT2D eigenvalue weighted by molar-refractivity contribution is 0.100. The molecule has 8 heteroatoms. The SMILES string of the molecule is Cn1ncc(C(N)=O)c1/N=N/c1ccc(O)cc1O. The summed E-state index contributed by atoms with van der Waals surface area (Å²) in [4.78, 5) is 11.1. The number of carbonyl (C=O) groups excluding carboxylic acids is 1. The third-order valence-electron chi connectivity index (χ3n) is 2.38. The van der Waals surface area contributed by atoms with Crippen molar-refractivity contribution in [2.75, 3.05) is 0 Å². The summed E-state index contributed by atoms with van der Waals surface area (Å²) in [7, 11) is 1.58. The lowest BCUT2D eigenvalue weighted by Crippen LogP contribution is -2.10. The number of phenols is 2. The van der Waals surface area contributed by atoms with E-state index in [1.54, 1.807) is 7.05 Å². The average Bonchev–Trinajstić information content (AvgIpc) is 2.70. The first-order valence-electron chi connectivity index (χ1n) is 5.24. The second-order valence-electron chi connectivity index (χ2n) is 3.74. The van der Waals surface area contributed by atoms with Crippen LogP contribution < -0.4 is 5.73 Å². The van der Waals surface area contributed by atoms with Crippen LogP contribution in [-0.2, 0) is 7.05 Å². The molecule has 0 saturated heterocycles. The molecule has 1 aromatic heterocycles. The molecule has 0 bridgehead atoms. The van der Waals surface area contributed by atoms with Crippen LogP contribution in [0.4, 0.5) is 11.5 Å². The molecule has 0 spiro atoms. The van der Waals surface area contributed by atoms with Gasteiger partial charge in [0.2, 0.25) is 0 Å². The Balaban J connectivity index is 2.38. The normalized spacial score (nSPS) is 11.0. The lowest BCUT2D eigenvalue weighted by atomic mass is 10.3. The first-order valence-corrected chi connectivity index (χ1v) is 5.24. The van der Waals surface area contributed by atoms with Gasteiger partial charge < -0.3 is 15.9 Å². The van der Waals surface area contributed by atoms with Gasteiger partial charge in [-0.15, -0.1) is 10.2 Å². The number of hydrogen-bond acceptors (Lipinski definition) is 6. The minimum atomic E-state index is -0.669. The topological polar surface area (TPSA) is 126 Å². The standard InChI is InChI=1S/C11H11N5O3/c1-16-11(7(5-13-16)10(12)19)15-14-8-3-2-6(17)4-9(8)18/h2-5,17-18H,1H3,(H2,12,19)/b15-14+. The number of nitrogens with two attached hydrogens (primary N) is 1. The molecule has 0 saturated carbocycles. The maximum atomic E-state index is 11.1. The summed E-state index contributed by atoms with van der Waals surface area (Å²) < 4.78 is 1.33. The van der Waals surface area contributed by atoms with Crippen LogP contribution in [0.3, 0.4) is 0 Å². The fourth-order valence-electron chi connectivity index (χ4n) is 1.42. The molecule has 1 aromatic carbocycles. The summed E-state index contributed by atoms with van der Waals surface area (Å²) in [5.74, 6) is -0.807. The number of amides is 1. The number of phenolic OH excluding ortho intramolecular Hbond substituents is 2. The molecule has 0 radical (unpaired) electrons. The third kappa shape index (κ3) is 2.51. The molecule has 0 fully saturated rings. The molecule has 19 heavy (non-hydrogen) atoms. The predicted octanol–water partition coefficient (Wildman–Crippen LogP) is 1.35. The van der Waals surface area contributed by atoms with E-state index in [0.717, 1.165) is 6.07 Å². The van der Waals surface area contributed by atoms with Crippen LogP contribution in [-0.4, -0.2) is 25.9 Å². The molecule has 4 N–H and O–H groups in total. The Morgan fingerprint density at radius 2 is 2.11 bits per heavy atom. The average molecular weight is 261 g/mol. The van der Waals surface area contributed by atoms with Gasteiger partial charge in [0.15, 0.2) is 5.82 Å². The minimum Gasteiger partial charge on any atom is -0.508 e. The highest BCUT2D eigenvalue weighted by atomic mass is 16.3. The summed E-state index contributed by atoms with van der Waals surface area (Å²) >= 11 is 0. The van der Waals surface area contributed by atoms with E-state index in [-0.39, 0.29) is 28.6 Å². The Kier molecular flexibility index (Phi) is 3.15. The lowest BCUT2D eigenvalue weighted by Gasteiger charge is -1.99. The van der Waals surface area contributed by atoms with Crippen LogP contribution in [0, 0.1) is 0 Å². The maximum absolute atomic E-state index is 11.1. The summed E-state index contributed by atoms with van der Waals surface area (Å²) in [6.07, 6.45) is 1.29. The van der Waals surface area contributed by atoms with Crippen molar-refractivity contribution in [1.29, 1.82) is 0 Å². The van der Waals surface area contributed by atoms with E-state index in [1.807, 2.05) is 0 Å². The number of rotatable bonds is 3. The number of primary amides is 1. The van der Waals surface area contributed by atoms with E-state index in [4.69, 9.17) is 10.8 Å². The highest BCUT2D eigenvalue weighted by molar-refractivity contribution is 5.96. The van der Waals surface area contributed by atoms with E-state index in [2.05, 4.69) is 15.3 Å². The Morgan fingerprint density at radius 3 is 2.74 bits per heavy atom. The third-order valence-corrected chi connectivity index (χ3v) is 2.38. The Labute approximate surface area is 107 Å². The molecule has 98 valence electrons. The van der Waals surface area contributed by atoms with E-state index in [1.165, 1.54) is 23.0 Å². The molecule has 0 aliphatic carbocycles. The van der Waals surface area contributed by atoms with E-state index < -0.39 is 5.91 Å². The number of carbonyl (C=O) groups is 1. The quantitative estimate of drug-likeness (QED) is 0.720. The number of nitrogens with zero attached hydrogens (tertiary/aromatic N) is 4. The second kappa shape index (κ2) is 4.77.